The molecule has 0 spiro atoms. The van der Waals surface area contributed by atoms with Crippen molar-refractivity contribution in [2.24, 2.45) is 5.41 Å². The molecule has 6 heteroatoms. The number of para-hydroxylation sites is 1. The average Bonchev–Trinajstić information content (AvgIpc) is 3.12. The number of hydrogen-bond donors (Lipinski definition) is 1. The molecule has 1 aromatic carbocycles. The predicted octanol–water partition coefficient (Wildman–Crippen LogP) is 3.21. The third kappa shape index (κ3) is 4.99. The van der Waals surface area contributed by atoms with Gasteiger partial charge in [-0.2, -0.15) is 0 Å². The second kappa shape index (κ2) is 8.43. The van der Waals surface area contributed by atoms with Gasteiger partial charge < -0.3 is 15.0 Å². The highest BCUT2D eigenvalue weighted by Crippen LogP contribution is 2.30. The van der Waals surface area contributed by atoms with Crippen LogP contribution in [0.5, 0.6) is 0 Å². The summed E-state index contributed by atoms with van der Waals surface area (Å²) in [5, 5.41) is 5.04. The van der Waals surface area contributed by atoms with Gasteiger partial charge in [0, 0.05) is 45.3 Å². The zero-order valence-electron chi connectivity index (χ0n) is 16.6. The van der Waals surface area contributed by atoms with Gasteiger partial charge in [-0.25, -0.2) is 4.98 Å². The highest BCUT2D eigenvalue weighted by atomic mass is 32.1. The van der Waals surface area contributed by atoms with Gasteiger partial charge in [-0.05, 0) is 30.4 Å². The molecular weight excluding hydrogens is 356 g/mol. The van der Waals surface area contributed by atoms with E-state index in [1.54, 1.807) is 0 Å². The third-order valence-electron chi connectivity index (χ3n) is 5.60. The summed E-state index contributed by atoms with van der Waals surface area (Å²) in [4.78, 5) is 9.87. The molecule has 0 unspecified atom stereocenters. The molecule has 148 valence electrons. The van der Waals surface area contributed by atoms with Crippen LogP contribution >= 0.6 is 11.3 Å². The number of fused-ring (bicyclic) bond motifs is 1. The number of nitrogens with zero attached hydrogens (tertiary/aromatic N) is 3. The Morgan fingerprint density at radius 2 is 2.04 bits per heavy atom. The van der Waals surface area contributed by atoms with E-state index < -0.39 is 0 Å². The Morgan fingerprint density at radius 3 is 2.85 bits per heavy atom. The number of nitrogens with one attached hydrogen (secondary N) is 1. The van der Waals surface area contributed by atoms with Gasteiger partial charge in [0.2, 0.25) is 0 Å². The maximum atomic E-state index is 5.48. The van der Waals surface area contributed by atoms with Gasteiger partial charge in [0.05, 0.1) is 23.4 Å². The number of benzene rings is 1. The molecule has 2 saturated heterocycles. The van der Waals surface area contributed by atoms with E-state index in [2.05, 4.69) is 53.2 Å². The number of aromatic nitrogens is 1. The van der Waals surface area contributed by atoms with Gasteiger partial charge in [-0.3, -0.25) is 4.90 Å². The minimum absolute atomic E-state index is 0.273. The van der Waals surface area contributed by atoms with Gasteiger partial charge in [-0.15, -0.1) is 0 Å². The first-order chi connectivity index (χ1) is 13.1. The molecule has 2 aliphatic rings. The minimum Gasteiger partial charge on any atom is -0.379 e. The van der Waals surface area contributed by atoms with Crippen molar-refractivity contribution in [3.8, 4) is 0 Å². The molecule has 0 saturated carbocycles. The molecule has 27 heavy (non-hydrogen) atoms. The summed E-state index contributed by atoms with van der Waals surface area (Å²) >= 11 is 1.82. The topological polar surface area (TPSA) is 40.6 Å². The summed E-state index contributed by atoms with van der Waals surface area (Å²) < 4.78 is 6.76. The monoisotopic (exact) mass is 388 g/mol. The van der Waals surface area contributed by atoms with Gasteiger partial charge in [0.25, 0.3) is 0 Å². The molecule has 0 radical (unpaired) electrons. The summed E-state index contributed by atoms with van der Waals surface area (Å²) in [6.07, 6.45) is 2.49. The van der Waals surface area contributed by atoms with Crippen LogP contribution in [-0.2, 0) is 4.74 Å². The smallest absolute Gasteiger partial charge is 0.186 e. The van der Waals surface area contributed by atoms with Crippen molar-refractivity contribution in [2.45, 2.75) is 32.7 Å². The molecule has 0 aliphatic carbocycles. The second-order valence-corrected chi connectivity index (χ2v) is 9.69. The number of thiazole rings is 1. The molecule has 1 atom stereocenters. The van der Waals surface area contributed by atoms with Crippen LogP contribution < -0.4 is 10.2 Å². The average molecular weight is 389 g/mol. The molecule has 2 aromatic rings. The fourth-order valence-corrected chi connectivity index (χ4v) is 5.15. The first-order valence-electron chi connectivity index (χ1n) is 10.2. The Morgan fingerprint density at radius 1 is 1.22 bits per heavy atom. The number of hydrogen-bond acceptors (Lipinski definition) is 6. The Hall–Kier alpha value is -1.21. The van der Waals surface area contributed by atoms with Crippen LogP contribution in [0.25, 0.3) is 10.2 Å². The quantitative estimate of drug-likeness (QED) is 0.823. The van der Waals surface area contributed by atoms with Crippen molar-refractivity contribution in [1.29, 1.82) is 0 Å². The Bertz CT molecular complexity index is 708. The van der Waals surface area contributed by atoms with E-state index in [1.165, 1.54) is 22.7 Å². The van der Waals surface area contributed by atoms with Gasteiger partial charge in [0.15, 0.2) is 5.13 Å². The molecule has 4 rings (SSSR count). The molecular formula is C21H32N4OS. The number of anilines is 1. The van der Waals surface area contributed by atoms with E-state index in [4.69, 9.17) is 9.72 Å². The van der Waals surface area contributed by atoms with Gasteiger partial charge in [-0.1, -0.05) is 37.3 Å². The SMILES string of the molecule is CC(C)(CN[C@H]1CCCN(c2nc3ccccc3s2)C1)CN1CCOCC1. The Kier molecular flexibility index (Phi) is 5.97. The second-order valence-electron chi connectivity index (χ2n) is 8.68. The van der Waals surface area contributed by atoms with Crippen molar-refractivity contribution in [1.82, 2.24) is 15.2 Å². The number of rotatable bonds is 6. The maximum Gasteiger partial charge on any atom is 0.186 e. The first-order valence-corrected chi connectivity index (χ1v) is 11.0. The van der Waals surface area contributed by atoms with E-state index in [1.807, 2.05) is 11.3 Å². The fourth-order valence-electron chi connectivity index (χ4n) is 4.15. The number of morpholine rings is 1. The van der Waals surface area contributed by atoms with Crippen LogP contribution in [0.4, 0.5) is 5.13 Å². The molecule has 2 aliphatic heterocycles. The summed E-state index contributed by atoms with van der Waals surface area (Å²) in [6.45, 7) is 13.0. The van der Waals surface area contributed by atoms with Crippen molar-refractivity contribution >= 4 is 26.7 Å². The molecule has 2 fully saturated rings. The molecule has 1 N–H and O–H groups in total. The fraction of sp³-hybridized carbons (Fsp3) is 0.667. The molecule has 3 heterocycles. The highest BCUT2D eigenvalue weighted by molar-refractivity contribution is 7.22. The predicted molar refractivity (Wildman–Crippen MR) is 114 cm³/mol. The molecule has 1 aromatic heterocycles. The van der Waals surface area contributed by atoms with Crippen LogP contribution in [0, 0.1) is 5.41 Å². The standard InChI is InChI=1S/C21H32N4OS/c1-21(2,16-24-10-12-26-13-11-24)15-22-17-6-5-9-25(14-17)20-23-18-7-3-4-8-19(18)27-20/h3-4,7-8,17,22H,5-6,9-16H2,1-2H3/t17-/m0/s1. The van der Waals surface area contributed by atoms with Crippen molar-refractivity contribution in [2.75, 3.05) is 57.4 Å². The van der Waals surface area contributed by atoms with E-state index in [9.17, 15) is 0 Å². The largest absolute Gasteiger partial charge is 0.379 e. The summed E-state index contributed by atoms with van der Waals surface area (Å²) in [5.74, 6) is 0. The zero-order chi connectivity index (χ0) is 18.7. The normalized spacial score (nSPS) is 22.4. The first kappa shape index (κ1) is 19.1. The van der Waals surface area contributed by atoms with Crippen LogP contribution in [0.3, 0.4) is 0 Å². The van der Waals surface area contributed by atoms with E-state index in [0.29, 0.717) is 6.04 Å². The molecule has 5 nitrogen and oxygen atoms in total. The lowest BCUT2D eigenvalue weighted by Crippen LogP contribution is -2.50. The van der Waals surface area contributed by atoms with Crippen molar-refractivity contribution in [3.05, 3.63) is 24.3 Å². The van der Waals surface area contributed by atoms with Gasteiger partial charge in [0.1, 0.15) is 0 Å². The van der Waals surface area contributed by atoms with Crippen LogP contribution in [-0.4, -0.2) is 68.4 Å². The van der Waals surface area contributed by atoms with Gasteiger partial charge >= 0.3 is 0 Å². The van der Waals surface area contributed by atoms with Crippen LogP contribution in [0.15, 0.2) is 24.3 Å². The summed E-state index contributed by atoms with van der Waals surface area (Å²) in [5.41, 5.74) is 1.40. The molecule has 0 bridgehead atoms. The van der Waals surface area contributed by atoms with Crippen LogP contribution in [0.1, 0.15) is 26.7 Å². The molecule has 0 amide bonds. The number of ether oxygens (including phenoxy) is 1. The summed E-state index contributed by atoms with van der Waals surface area (Å²) in [6, 6.07) is 9.01. The lowest BCUT2D eigenvalue weighted by molar-refractivity contribution is 0.0209. The lowest BCUT2D eigenvalue weighted by atomic mass is 9.91. The Balaban J connectivity index is 1.31. The lowest BCUT2D eigenvalue weighted by Gasteiger charge is -2.38. The maximum absolute atomic E-state index is 5.48. The van der Waals surface area contributed by atoms with Crippen molar-refractivity contribution < 1.29 is 4.74 Å². The summed E-state index contributed by atoms with van der Waals surface area (Å²) in [7, 11) is 0. The third-order valence-corrected chi connectivity index (χ3v) is 6.70. The Labute approximate surface area is 166 Å². The number of piperidine rings is 1. The van der Waals surface area contributed by atoms with E-state index in [0.717, 1.165) is 58.0 Å². The zero-order valence-corrected chi connectivity index (χ0v) is 17.4. The van der Waals surface area contributed by atoms with Crippen LogP contribution in [0.2, 0.25) is 0 Å². The minimum atomic E-state index is 0.273. The highest BCUT2D eigenvalue weighted by Gasteiger charge is 2.27. The van der Waals surface area contributed by atoms with E-state index in [-0.39, 0.29) is 5.41 Å². The van der Waals surface area contributed by atoms with Crippen molar-refractivity contribution in [3.63, 3.8) is 0 Å². The van der Waals surface area contributed by atoms with E-state index >= 15 is 0 Å².